The van der Waals surface area contributed by atoms with Crippen LogP contribution in [0, 0.1) is 5.92 Å². The Bertz CT molecular complexity index is 439. The highest BCUT2D eigenvalue weighted by Crippen LogP contribution is 2.37. The zero-order valence-corrected chi connectivity index (χ0v) is 14.0. The molecule has 0 aliphatic carbocycles. The van der Waals surface area contributed by atoms with Crippen LogP contribution in [0.1, 0.15) is 45.7 Å². The topological polar surface area (TPSA) is 21.7 Å². The molecule has 1 fully saturated rings. The summed E-state index contributed by atoms with van der Waals surface area (Å²) in [5.41, 5.74) is 1.30. The van der Waals surface area contributed by atoms with Crippen LogP contribution in [0.25, 0.3) is 0 Å². The summed E-state index contributed by atoms with van der Waals surface area (Å²) in [6, 6.07) is 8.82. The lowest BCUT2D eigenvalue weighted by atomic mass is 9.89. The van der Waals surface area contributed by atoms with Gasteiger partial charge in [0.15, 0.2) is 0 Å². The predicted octanol–water partition coefficient (Wildman–Crippen LogP) is 3.89. The third kappa shape index (κ3) is 3.78. The molecule has 0 spiro atoms. The highest BCUT2D eigenvalue weighted by atomic mass is 16.5. The maximum absolute atomic E-state index is 5.90. The second-order valence-electron chi connectivity index (χ2n) is 6.28. The normalized spacial score (nSPS) is 26.3. The standard InChI is InChI=1S/C18H29NO2/c1-6-13(2)18(16-9-7-8-10-17(16)20-5)19-11-14(3)21-15(4)12-19/h7-10,13-15,18H,6,11-12H2,1-5H3. The van der Waals surface area contributed by atoms with Crippen LogP contribution >= 0.6 is 0 Å². The maximum Gasteiger partial charge on any atom is 0.123 e. The molecule has 0 saturated carbocycles. The van der Waals surface area contributed by atoms with Crippen LogP contribution in [0.5, 0.6) is 5.75 Å². The number of methoxy groups -OCH3 is 1. The van der Waals surface area contributed by atoms with Crippen molar-refractivity contribution < 1.29 is 9.47 Å². The lowest BCUT2D eigenvalue weighted by Crippen LogP contribution is -2.48. The number of ether oxygens (including phenoxy) is 2. The molecule has 3 nitrogen and oxygen atoms in total. The number of para-hydroxylation sites is 1. The van der Waals surface area contributed by atoms with E-state index in [4.69, 9.17) is 9.47 Å². The van der Waals surface area contributed by atoms with Crippen LogP contribution in [0.4, 0.5) is 0 Å². The molecule has 1 aromatic carbocycles. The van der Waals surface area contributed by atoms with Gasteiger partial charge in [0.05, 0.1) is 19.3 Å². The van der Waals surface area contributed by atoms with E-state index < -0.39 is 0 Å². The minimum absolute atomic E-state index is 0.287. The molecule has 2 rings (SSSR count). The van der Waals surface area contributed by atoms with E-state index in [9.17, 15) is 0 Å². The first-order chi connectivity index (χ1) is 10.1. The van der Waals surface area contributed by atoms with E-state index in [0.29, 0.717) is 12.0 Å². The summed E-state index contributed by atoms with van der Waals surface area (Å²) in [6.07, 6.45) is 1.73. The third-order valence-corrected chi connectivity index (χ3v) is 4.48. The van der Waals surface area contributed by atoms with Gasteiger partial charge in [0, 0.05) is 24.7 Å². The summed E-state index contributed by atoms with van der Waals surface area (Å²) in [6.45, 7) is 10.9. The first-order valence-electron chi connectivity index (χ1n) is 8.09. The van der Waals surface area contributed by atoms with Gasteiger partial charge in [-0.15, -0.1) is 0 Å². The van der Waals surface area contributed by atoms with Gasteiger partial charge in [0.1, 0.15) is 5.75 Å². The number of hydrogen-bond donors (Lipinski definition) is 0. The van der Waals surface area contributed by atoms with Gasteiger partial charge in [0.2, 0.25) is 0 Å². The Morgan fingerprint density at radius 1 is 1.24 bits per heavy atom. The van der Waals surface area contributed by atoms with Crippen LogP contribution < -0.4 is 4.74 Å². The van der Waals surface area contributed by atoms with Crippen LogP contribution in [0.3, 0.4) is 0 Å². The zero-order chi connectivity index (χ0) is 15.4. The van der Waals surface area contributed by atoms with Gasteiger partial charge in [-0.2, -0.15) is 0 Å². The molecule has 0 N–H and O–H groups in total. The molecular formula is C18H29NO2. The molecule has 1 aliphatic heterocycles. The Hall–Kier alpha value is -1.06. The summed E-state index contributed by atoms with van der Waals surface area (Å²) in [5.74, 6) is 1.58. The fourth-order valence-corrected chi connectivity index (χ4v) is 3.44. The lowest BCUT2D eigenvalue weighted by Gasteiger charge is -2.43. The Kier molecular flexibility index (Phi) is 5.65. The molecule has 4 atom stereocenters. The fraction of sp³-hybridized carbons (Fsp3) is 0.667. The van der Waals surface area contributed by atoms with Crippen molar-refractivity contribution in [2.24, 2.45) is 5.92 Å². The van der Waals surface area contributed by atoms with Crippen molar-refractivity contribution in [2.45, 2.75) is 52.4 Å². The fourth-order valence-electron chi connectivity index (χ4n) is 3.44. The Morgan fingerprint density at radius 2 is 1.86 bits per heavy atom. The molecule has 4 unspecified atom stereocenters. The van der Waals surface area contributed by atoms with Crippen LogP contribution in [-0.4, -0.2) is 37.3 Å². The number of nitrogens with zero attached hydrogens (tertiary/aromatic N) is 1. The molecule has 0 bridgehead atoms. The van der Waals surface area contributed by atoms with E-state index in [1.54, 1.807) is 7.11 Å². The minimum Gasteiger partial charge on any atom is -0.496 e. The van der Waals surface area contributed by atoms with Gasteiger partial charge in [0.25, 0.3) is 0 Å². The van der Waals surface area contributed by atoms with E-state index in [1.165, 1.54) is 5.56 Å². The summed E-state index contributed by atoms with van der Waals surface area (Å²) in [7, 11) is 1.76. The molecule has 1 aromatic rings. The van der Waals surface area contributed by atoms with E-state index in [1.807, 2.05) is 6.07 Å². The molecule has 3 heteroatoms. The molecule has 0 aromatic heterocycles. The first kappa shape index (κ1) is 16.3. The molecule has 0 amide bonds. The summed E-state index contributed by atoms with van der Waals surface area (Å²) in [5, 5.41) is 0. The van der Waals surface area contributed by atoms with E-state index in [0.717, 1.165) is 25.3 Å². The monoisotopic (exact) mass is 291 g/mol. The van der Waals surface area contributed by atoms with Crippen LogP contribution in [-0.2, 0) is 4.74 Å². The van der Waals surface area contributed by atoms with E-state index >= 15 is 0 Å². The van der Waals surface area contributed by atoms with Crippen molar-refractivity contribution in [1.82, 2.24) is 4.90 Å². The van der Waals surface area contributed by atoms with Crippen LogP contribution in [0.2, 0.25) is 0 Å². The summed E-state index contributed by atoms with van der Waals surface area (Å²) >= 11 is 0. The zero-order valence-electron chi connectivity index (χ0n) is 14.0. The van der Waals surface area contributed by atoms with E-state index in [-0.39, 0.29) is 12.2 Å². The second kappa shape index (κ2) is 7.28. The molecule has 1 aliphatic rings. The van der Waals surface area contributed by atoms with Crippen molar-refractivity contribution >= 4 is 0 Å². The van der Waals surface area contributed by atoms with Gasteiger partial charge in [-0.3, -0.25) is 4.90 Å². The summed E-state index contributed by atoms with van der Waals surface area (Å²) in [4.78, 5) is 2.57. The SMILES string of the molecule is CCC(C)C(c1ccccc1OC)N1CC(C)OC(C)C1. The molecule has 21 heavy (non-hydrogen) atoms. The number of morpholine rings is 1. The van der Waals surface area contributed by atoms with Gasteiger partial charge in [-0.25, -0.2) is 0 Å². The Morgan fingerprint density at radius 3 is 2.43 bits per heavy atom. The van der Waals surface area contributed by atoms with Gasteiger partial charge in [-0.05, 0) is 25.8 Å². The average Bonchev–Trinajstić information content (AvgIpc) is 2.46. The Labute approximate surface area is 129 Å². The van der Waals surface area contributed by atoms with Gasteiger partial charge < -0.3 is 9.47 Å². The molecule has 1 heterocycles. The van der Waals surface area contributed by atoms with Crippen molar-refractivity contribution in [3.05, 3.63) is 29.8 Å². The van der Waals surface area contributed by atoms with Crippen molar-refractivity contribution in [3.8, 4) is 5.75 Å². The van der Waals surface area contributed by atoms with Crippen molar-refractivity contribution in [1.29, 1.82) is 0 Å². The van der Waals surface area contributed by atoms with Crippen molar-refractivity contribution in [3.63, 3.8) is 0 Å². The number of benzene rings is 1. The quantitative estimate of drug-likeness (QED) is 0.821. The first-order valence-corrected chi connectivity index (χ1v) is 8.09. The predicted molar refractivity (Wildman–Crippen MR) is 86.8 cm³/mol. The second-order valence-corrected chi connectivity index (χ2v) is 6.28. The Balaban J connectivity index is 2.34. The largest absolute Gasteiger partial charge is 0.496 e. The van der Waals surface area contributed by atoms with Gasteiger partial charge in [-0.1, -0.05) is 38.5 Å². The maximum atomic E-state index is 5.90. The lowest BCUT2D eigenvalue weighted by molar-refractivity contribution is -0.0875. The molecule has 1 saturated heterocycles. The molecule has 0 radical (unpaired) electrons. The van der Waals surface area contributed by atoms with Crippen LogP contribution in [0.15, 0.2) is 24.3 Å². The molecular weight excluding hydrogens is 262 g/mol. The summed E-state index contributed by atoms with van der Waals surface area (Å²) < 4.78 is 11.5. The minimum atomic E-state index is 0.287. The third-order valence-electron chi connectivity index (χ3n) is 4.48. The highest BCUT2D eigenvalue weighted by molar-refractivity contribution is 5.36. The number of rotatable bonds is 5. The van der Waals surface area contributed by atoms with Crippen molar-refractivity contribution in [2.75, 3.05) is 20.2 Å². The highest BCUT2D eigenvalue weighted by Gasteiger charge is 2.32. The van der Waals surface area contributed by atoms with Gasteiger partial charge >= 0.3 is 0 Å². The number of hydrogen-bond acceptors (Lipinski definition) is 3. The van der Waals surface area contributed by atoms with E-state index in [2.05, 4.69) is 50.8 Å². The smallest absolute Gasteiger partial charge is 0.123 e. The molecule has 118 valence electrons. The average molecular weight is 291 g/mol.